The van der Waals surface area contributed by atoms with Gasteiger partial charge < -0.3 is 9.84 Å². The third kappa shape index (κ3) is 4.47. The fourth-order valence-corrected chi connectivity index (χ4v) is 2.97. The Labute approximate surface area is 159 Å². The lowest BCUT2D eigenvalue weighted by Gasteiger charge is -2.12. The summed E-state index contributed by atoms with van der Waals surface area (Å²) in [6.45, 7) is -0.208. The van der Waals surface area contributed by atoms with Gasteiger partial charge in [-0.05, 0) is 34.5 Å². The number of benzene rings is 3. The molecule has 0 radical (unpaired) electrons. The SMILES string of the molecule is O=C(CO)N/N=C\c1c(OCc2cccc(Br)c2)ccc2ccccc12. The van der Waals surface area contributed by atoms with Gasteiger partial charge in [-0.2, -0.15) is 5.10 Å². The maximum atomic E-state index is 11.2. The minimum absolute atomic E-state index is 0.404. The molecular formula is C20H17BrN2O3. The molecule has 0 atom stereocenters. The van der Waals surface area contributed by atoms with Crippen LogP contribution in [-0.2, 0) is 11.4 Å². The highest BCUT2D eigenvalue weighted by Gasteiger charge is 2.08. The molecule has 0 aliphatic carbocycles. The number of rotatable bonds is 6. The standard InChI is InChI=1S/C20H17BrN2O3/c21-16-6-3-4-14(10-16)13-26-19-9-8-15-5-1-2-7-17(15)18(19)11-22-23-20(25)12-24/h1-11,24H,12-13H2,(H,23,25)/b22-11-. The summed E-state index contributed by atoms with van der Waals surface area (Å²) in [7, 11) is 0. The molecule has 0 aliphatic heterocycles. The zero-order valence-corrected chi connectivity index (χ0v) is 15.4. The molecule has 26 heavy (non-hydrogen) atoms. The number of carbonyl (C=O) groups excluding carboxylic acids is 1. The van der Waals surface area contributed by atoms with Crippen molar-refractivity contribution in [2.45, 2.75) is 6.61 Å². The van der Waals surface area contributed by atoms with Gasteiger partial charge in [-0.25, -0.2) is 5.43 Å². The van der Waals surface area contributed by atoms with E-state index in [2.05, 4.69) is 26.5 Å². The predicted octanol–water partition coefficient (Wildman–Crippen LogP) is 3.62. The van der Waals surface area contributed by atoms with Crippen molar-refractivity contribution in [3.8, 4) is 5.75 Å². The highest BCUT2D eigenvalue weighted by atomic mass is 79.9. The van der Waals surface area contributed by atoms with Crippen LogP contribution in [0.4, 0.5) is 0 Å². The number of aliphatic hydroxyl groups excluding tert-OH is 1. The third-order valence-corrected chi connectivity index (χ3v) is 4.23. The van der Waals surface area contributed by atoms with Crippen molar-refractivity contribution in [1.29, 1.82) is 0 Å². The second-order valence-corrected chi connectivity index (χ2v) is 6.48. The highest BCUT2D eigenvalue weighted by Crippen LogP contribution is 2.27. The van der Waals surface area contributed by atoms with E-state index in [0.29, 0.717) is 12.4 Å². The van der Waals surface area contributed by atoms with Gasteiger partial charge in [-0.1, -0.05) is 58.4 Å². The molecule has 0 saturated carbocycles. The quantitative estimate of drug-likeness (QED) is 0.479. The van der Waals surface area contributed by atoms with Gasteiger partial charge in [0.1, 0.15) is 19.0 Å². The number of ether oxygens (including phenoxy) is 1. The molecule has 0 spiro atoms. The molecule has 5 nitrogen and oxygen atoms in total. The third-order valence-electron chi connectivity index (χ3n) is 3.74. The molecule has 1 amide bonds. The van der Waals surface area contributed by atoms with E-state index in [1.54, 1.807) is 0 Å². The smallest absolute Gasteiger partial charge is 0.265 e. The zero-order chi connectivity index (χ0) is 18.4. The summed E-state index contributed by atoms with van der Waals surface area (Å²) >= 11 is 3.45. The van der Waals surface area contributed by atoms with Gasteiger partial charge in [-0.15, -0.1) is 0 Å². The molecular weight excluding hydrogens is 396 g/mol. The molecule has 2 N–H and O–H groups in total. The van der Waals surface area contributed by atoms with Crippen LogP contribution in [0.1, 0.15) is 11.1 Å². The van der Waals surface area contributed by atoms with E-state index in [4.69, 9.17) is 9.84 Å². The van der Waals surface area contributed by atoms with Crippen LogP contribution < -0.4 is 10.2 Å². The lowest BCUT2D eigenvalue weighted by atomic mass is 10.0. The molecule has 0 heterocycles. The molecule has 3 rings (SSSR count). The fraction of sp³-hybridized carbons (Fsp3) is 0.100. The summed E-state index contributed by atoms with van der Waals surface area (Å²) in [5, 5.41) is 14.7. The largest absolute Gasteiger partial charge is 0.488 e. The van der Waals surface area contributed by atoms with Crippen molar-refractivity contribution in [2.24, 2.45) is 5.10 Å². The van der Waals surface area contributed by atoms with Crippen LogP contribution in [0.25, 0.3) is 10.8 Å². The van der Waals surface area contributed by atoms with E-state index in [1.807, 2.05) is 60.7 Å². The predicted molar refractivity (Wildman–Crippen MR) is 105 cm³/mol. The first-order valence-corrected chi connectivity index (χ1v) is 8.78. The maximum Gasteiger partial charge on any atom is 0.265 e. The number of amides is 1. The monoisotopic (exact) mass is 412 g/mol. The Balaban J connectivity index is 1.90. The first-order chi connectivity index (χ1) is 12.7. The summed E-state index contributed by atoms with van der Waals surface area (Å²) in [5.74, 6) is 0.0868. The van der Waals surface area contributed by atoms with E-state index in [1.165, 1.54) is 6.21 Å². The summed E-state index contributed by atoms with van der Waals surface area (Å²) in [6, 6.07) is 19.6. The highest BCUT2D eigenvalue weighted by molar-refractivity contribution is 9.10. The topological polar surface area (TPSA) is 70.9 Å². The summed E-state index contributed by atoms with van der Waals surface area (Å²) < 4.78 is 6.99. The Morgan fingerprint density at radius 2 is 2.00 bits per heavy atom. The second kappa shape index (κ2) is 8.60. The van der Waals surface area contributed by atoms with E-state index in [0.717, 1.165) is 26.4 Å². The van der Waals surface area contributed by atoms with Crippen molar-refractivity contribution >= 4 is 38.8 Å². The van der Waals surface area contributed by atoms with Gasteiger partial charge in [0, 0.05) is 10.0 Å². The molecule has 3 aromatic rings. The molecule has 0 saturated heterocycles. The lowest BCUT2D eigenvalue weighted by molar-refractivity contribution is -0.123. The molecule has 0 fully saturated rings. The first-order valence-electron chi connectivity index (χ1n) is 7.99. The fourth-order valence-electron chi connectivity index (χ4n) is 2.53. The number of hydrogen-bond donors (Lipinski definition) is 2. The van der Waals surface area contributed by atoms with E-state index in [9.17, 15) is 4.79 Å². The molecule has 0 unspecified atom stereocenters. The molecule has 0 aliphatic rings. The van der Waals surface area contributed by atoms with Gasteiger partial charge in [0.15, 0.2) is 0 Å². The van der Waals surface area contributed by atoms with Crippen LogP contribution in [0, 0.1) is 0 Å². The van der Waals surface area contributed by atoms with E-state index in [-0.39, 0.29) is 0 Å². The normalized spacial score (nSPS) is 11.0. The molecule has 0 aromatic heterocycles. The number of hydrazone groups is 1. The minimum atomic E-state index is -0.612. The van der Waals surface area contributed by atoms with E-state index >= 15 is 0 Å². The molecule has 3 aromatic carbocycles. The Kier molecular flexibility index (Phi) is 5.99. The Hall–Kier alpha value is -2.70. The number of halogens is 1. The van der Waals surface area contributed by atoms with Crippen molar-refractivity contribution in [3.63, 3.8) is 0 Å². The van der Waals surface area contributed by atoms with Crippen LogP contribution in [-0.4, -0.2) is 23.8 Å². The van der Waals surface area contributed by atoms with Crippen LogP contribution in [0.5, 0.6) is 5.75 Å². The van der Waals surface area contributed by atoms with Crippen molar-refractivity contribution < 1.29 is 14.6 Å². The van der Waals surface area contributed by atoms with Crippen molar-refractivity contribution in [2.75, 3.05) is 6.61 Å². The van der Waals surface area contributed by atoms with Crippen molar-refractivity contribution in [1.82, 2.24) is 5.43 Å². The number of nitrogens with one attached hydrogen (secondary N) is 1. The Morgan fingerprint density at radius 3 is 2.81 bits per heavy atom. The van der Waals surface area contributed by atoms with Gasteiger partial charge in [0.2, 0.25) is 0 Å². The number of fused-ring (bicyclic) bond motifs is 1. The maximum absolute atomic E-state index is 11.2. The molecule has 6 heteroatoms. The first kappa shape index (κ1) is 18.1. The van der Waals surface area contributed by atoms with Gasteiger partial charge >= 0.3 is 0 Å². The summed E-state index contributed by atoms with van der Waals surface area (Å²) in [5.41, 5.74) is 4.06. The van der Waals surface area contributed by atoms with Crippen molar-refractivity contribution in [3.05, 3.63) is 76.3 Å². The van der Waals surface area contributed by atoms with Crippen LogP contribution in [0.3, 0.4) is 0 Å². The number of hydrogen-bond acceptors (Lipinski definition) is 4. The Morgan fingerprint density at radius 1 is 1.15 bits per heavy atom. The van der Waals surface area contributed by atoms with E-state index < -0.39 is 12.5 Å². The average Bonchev–Trinajstić information content (AvgIpc) is 2.67. The van der Waals surface area contributed by atoms with Crippen LogP contribution >= 0.6 is 15.9 Å². The number of nitrogens with zero attached hydrogens (tertiary/aromatic N) is 1. The Bertz CT molecular complexity index is 957. The van der Waals surface area contributed by atoms with Gasteiger partial charge in [-0.3, -0.25) is 4.79 Å². The minimum Gasteiger partial charge on any atom is -0.488 e. The lowest BCUT2D eigenvalue weighted by Crippen LogP contribution is -2.20. The van der Waals surface area contributed by atoms with Crippen LogP contribution in [0.2, 0.25) is 0 Å². The van der Waals surface area contributed by atoms with Crippen LogP contribution in [0.15, 0.2) is 70.2 Å². The molecule has 0 bridgehead atoms. The van der Waals surface area contributed by atoms with Gasteiger partial charge in [0.25, 0.3) is 5.91 Å². The molecule has 132 valence electrons. The average molecular weight is 413 g/mol. The number of carbonyl (C=O) groups is 1. The second-order valence-electron chi connectivity index (χ2n) is 5.57. The van der Waals surface area contributed by atoms with Gasteiger partial charge in [0.05, 0.1) is 6.21 Å². The number of aliphatic hydroxyl groups is 1. The summed E-state index contributed by atoms with van der Waals surface area (Å²) in [4.78, 5) is 11.2. The zero-order valence-electron chi connectivity index (χ0n) is 13.9. The summed E-state index contributed by atoms with van der Waals surface area (Å²) in [6.07, 6.45) is 1.53.